The molecule has 0 bridgehead atoms. The van der Waals surface area contributed by atoms with Crippen molar-refractivity contribution in [2.75, 3.05) is 0 Å². The lowest BCUT2D eigenvalue weighted by Crippen LogP contribution is -1.92. The monoisotopic (exact) mass is 519 g/mol. The van der Waals surface area contributed by atoms with Crippen molar-refractivity contribution < 1.29 is 0 Å². The highest BCUT2D eigenvalue weighted by atomic mass is 15.0. The predicted octanol–water partition coefficient (Wildman–Crippen LogP) is 9.93. The van der Waals surface area contributed by atoms with E-state index in [1.165, 1.54) is 92.8 Å². The number of para-hydroxylation sites is 4. The first kappa shape index (κ1) is 20.4. The maximum atomic E-state index is 2.48. The van der Waals surface area contributed by atoms with E-state index in [0.717, 1.165) is 0 Å². The van der Waals surface area contributed by atoms with E-state index < -0.39 is 0 Å². The van der Waals surface area contributed by atoms with Crippen LogP contribution >= 0.6 is 0 Å². The van der Waals surface area contributed by atoms with Gasteiger partial charge in [0.1, 0.15) is 0 Å². The second-order valence-corrected chi connectivity index (χ2v) is 11.4. The molecule has 5 heterocycles. The van der Waals surface area contributed by atoms with Gasteiger partial charge in [0.05, 0.1) is 38.6 Å². The third-order valence-electron chi connectivity index (χ3n) is 9.51. The first-order chi connectivity index (χ1) is 20.4. The summed E-state index contributed by atoms with van der Waals surface area (Å²) in [7, 11) is 0. The molecule has 41 heavy (non-hydrogen) atoms. The highest BCUT2D eigenvalue weighted by Crippen LogP contribution is 2.45. The van der Waals surface area contributed by atoms with Crippen LogP contribution in [0.25, 0.3) is 92.8 Å². The first-order valence-corrected chi connectivity index (χ1v) is 14.2. The topological polar surface area (TPSA) is 13.8 Å². The Morgan fingerprint density at radius 3 is 1.95 bits per heavy atom. The molecule has 0 unspecified atom stereocenters. The molecule has 0 atom stereocenters. The number of rotatable bonds is 1. The van der Waals surface area contributed by atoms with Gasteiger partial charge in [-0.25, -0.2) is 0 Å². The predicted molar refractivity (Wildman–Crippen MR) is 173 cm³/mol. The Bertz CT molecular complexity index is 2840. The summed E-state index contributed by atoms with van der Waals surface area (Å²) in [6.45, 7) is 0. The summed E-state index contributed by atoms with van der Waals surface area (Å²) < 4.78 is 7.33. The second-order valence-electron chi connectivity index (χ2n) is 11.4. The summed E-state index contributed by atoms with van der Waals surface area (Å²) in [5.41, 5.74) is 10.1. The minimum atomic E-state index is 1.19. The lowest BCUT2D eigenvalue weighted by atomic mass is 10.0. The number of nitrogens with zero attached hydrogens (tertiary/aromatic N) is 3. The third kappa shape index (κ3) is 2.23. The smallest absolute Gasteiger partial charge is 0.0620 e. The van der Waals surface area contributed by atoms with E-state index in [4.69, 9.17) is 0 Å². The molecule has 0 N–H and O–H groups in total. The van der Waals surface area contributed by atoms with Crippen LogP contribution in [0.5, 0.6) is 0 Å². The van der Waals surface area contributed by atoms with Gasteiger partial charge in [-0.3, -0.25) is 0 Å². The molecular weight excluding hydrogens is 498 g/mol. The molecule has 0 saturated heterocycles. The van der Waals surface area contributed by atoms with Gasteiger partial charge in [-0.15, -0.1) is 0 Å². The molecule has 0 amide bonds. The average Bonchev–Trinajstić information content (AvgIpc) is 3.82. The van der Waals surface area contributed by atoms with Crippen LogP contribution in [0.4, 0.5) is 0 Å². The van der Waals surface area contributed by atoms with Gasteiger partial charge in [0.2, 0.25) is 0 Å². The van der Waals surface area contributed by atoms with Crippen molar-refractivity contribution in [1.82, 2.24) is 13.4 Å². The number of hydrogen-bond acceptors (Lipinski definition) is 0. The molecule has 11 rings (SSSR count). The molecule has 0 radical (unpaired) electrons. The average molecular weight is 520 g/mol. The van der Waals surface area contributed by atoms with Crippen molar-refractivity contribution in [2.24, 2.45) is 0 Å². The maximum Gasteiger partial charge on any atom is 0.0620 e. The molecule has 0 aliphatic rings. The van der Waals surface area contributed by atoms with Crippen LogP contribution in [0.15, 0.2) is 128 Å². The van der Waals surface area contributed by atoms with E-state index in [9.17, 15) is 0 Å². The normalized spacial score (nSPS) is 12.9. The number of aromatic nitrogens is 3. The summed E-state index contributed by atoms with van der Waals surface area (Å²) in [5, 5.41) is 11.8. The minimum absolute atomic E-state index is 1.19. The van der Waals surface area contributed by atoms with Gasteiger partial charge in [-0.1, -0.05) is 72.8 Å². The second kappa shape index (κ2) is 6.78. The van der Waals surface area contributed by atoms with Gasteiger partial charge in [0, 0.05) is 60.4 Å². The lowest BCUT2D eigenvalue weighted by molar-refractivity contribution is 1.18. The van der Waals surface area contributed by atoms with Crippen LogP contribution < -0.4 is 0 Å². The molecule has 0 fully saturated rings. The fraction of sp³-hybridized carbons (Fsp3) is 0. The van der Waals surface area contributed by atoms with E-state index in [1.807, 2.05) is 0 Å². The van der Waals surface area contributed by atoms with Crippen LogP contribution in [0.2, 0.25) is 0 Å². The van der Waals surface area contributed by atoms with Crippen molar-refractivity contribution >= 4 is 87.1 Å². The fourth-order valence-electron chi connectivity index (χ4n) is 7.93. The zero-order valence-corrected chi connectivity index (χ0v) is 22.0. The number of fused-ring (bicyclic) bond motifs is 13. The minimum Gasteiger partial charge on any atom is -0.315 e. The van der Waals surface area contributed by atoms with Crippen LogP contribution in [0, 0.1) is 0 Å². The molecule has 3 nitrogen and oxygen atoms in total. The summed E-state index contributed by atoms with van der Waals surface area (Å²) in [5.74, 6) is 0. The molecule has 3 heteroatoms. The summed E-state index contributed by atoms with van der Waals surface area (Å²) in [6, 6.07) is 44.8. The lowest BCUT2D eigenvalue weighted by Gasteiger charge is -2.07. The van der Waals surface area contributed by atoms with Crippen molar-refractivity contribution in [3.05, 3.63) is 128 Å². The van der Waals surface area contributed by atoms with Crippen molar-refractivity contribution in [3.8, 4) is 5.69 Å². The maximum absolute atomic E-state index is 2.48. The van der Waals surface area contributed by atoms with Crippen LogP contribution in [0.3, 0.4) is 0 Å². The third-order valence-corrected chi connectivity index (χ3v) is 9.51. The summed E-state index contributed by atoms with van der Waals surface area (Å²) >= 11 is 0. The molecular formula is C38H21N3. The zero-order chi connectivity index (χ0) is 26.4. The van der Waals surface area contributed by atoms with Gasteiger partial charge in [0.15, 0.2) is 0 Å². The van der Waals surface area contributed by atoms with Gasteiger partial charge in [-0.05, 0) is 48.5 Å². The van der Waals surface area contributed by atoms with Crippen LogP contribution in [0.1, 0.15) is 0 Å². The van der Waals surface area contributed by atoms with Crippen molar-refractivity contribution in [3.63, 3.8) is 0 Å². The molecule has 0 spiro atoms. The molecule has 188 valence electrons. The van der Waals surface area contributed by atoms with E-state index >= 15 is 0 Å². The van der Waals surface area contributed by atoms with Crippen LogP contribution in [-0.2, 0) is 0 Å². The van der Waals surface area contributed by atoms with Gasteiger partial charge >= 0.3 is 0 Å². The Hall–Kier alpha value is -5.54. The van der Waals surface area contributed by atoms with E-state index in [1.54, 1.807) is 0 Å². The van der Waals surface area contributed by atoms with Gasteiger partial charge in [-0.2, -0.15) is 0 Å². The van der Waals surface area contributed by atoms with E-state index in [0.29, 0.717) is 0 Å². The number of benzene rings is 6. The molecule has 0 aliphatic carbocycles. The van der Waals surface area contributed by atoms with Crippen molar-refractivity contribution in [2.45, 2.75) is 0 Å². The highest BCUT2D eigenvalue weighted by molar-refractivity contribution is 6.31. The fourth-order valence-corrected chi connectivity index (χ4v) is 7.93. The summed E-state index contributed by atoms with van der Waals surface area (Å²) in [6.07, 6.45) is 2.27. The zero-order valence-electron chi connectivity index (χ0n) is 22.0. The molecule has 11 aromatic rings. The first-order valence-electron chi connectivity index (χ1n) is 14.2. The summed E-state index contributed by atoms with van der Waals surface area (Å²) in [4.78, 5) is 0. The van der Waals surface area contributed by atoms with Gasteiger partial charge in [0.25, 0.3) is 0 Å². The largest absolute Gasteiger partial charge is 0.315 e. The standard InChI is InChI=1S/C38H21N3/c1-2-9-22(10-3-1)40-32-16-7-5-12-26(32)36-27-17-18-39-33-21-34-28(19-29(33)30(37(27)39)20-35(36)40)25-14-8-13-24-23-11-4-6-15-31(23)41(34)38(24)25/h1-21H. The number of hydrogen-bond donors (Lipinski definition) is 0. The highest BCUT2D eigenvalue weighted by Gasteiger charge is 2.23. The Kier molecular flexibility index (Phi) is 3.37. The molecule has 0 aliphatic heterocycles. The van der Waals surface area contributed by atoms with Crippen LogP contribution in [-0.4, -0.2) is 13.4 Å². The van der Waals surface area contributed by atoms with E-state index in [2.05, 4.69) is 141 Å². The van der Waals surface area contributed by atoms with Crippen molar-refractivity contribution in [1.29, 1.82) is 0 Å². The molecule has 0 saturated carbocycles. The van der Waals surface area contributed by atoms with E-state index in [-0.39, 0.29) is 0 Å². The molecule has 5 aromatic heterocycles. The molecule has 6 aromatic carbocycles. The quantitative estimate of drug-likeness (QED) is 0.205. The van der Waals surface area contributed by atoms with Gasteiger partial charge < -0.3 is 13.4 Å². The Morgan fingerprint density at radius 2 is 1.07 bits per heavy atom. The Morgan fingerprint density at radius 1 is 0.366 bits per heavy atom. The Balaban J connectivity index is 1.37. The Labute approximate surface area is 233 Å². The SMILES string of the molecule is c1ccc(-n2c3ccccc3c3c4ccn5c6cc7c(cc6c(cc32)c45)c2cccc3c4ccccc4n7c32)cc1.